The number of hydrogen-bond donors (Lipinski definition) is 4. The van der Waals surface area contributed by atoms with E-state index in [1.54, 1.807) is 0 Å². The highest BCUT2D eigenvalue weighted by Crippen LogP contribution is 2.67. The molecule has 10 nitrogen and oxygen atoms in total. The lowest BCUT2D eigenvalue weighted by molar-refractivity contribution is -0.311. The Hall–Kier alpha value is -1.11. The van der Waals surface area contributed by atoms with Crippen molar-refractivity contribution in [2.45, 2.75) is 86.8 Å². The van der Waals surface area contributed by atoms with Gasteiger partial charge >= 0.3 is 5.97 Å². The van der Waals surface area contributed by atoms with Crippen LogP contribution >= 0.6 is 0 Å². The van der Waals surface area contributed by atoms with Crippen LogP contribution in [-0.4, -0.2) is 113 Å². The number of likely N-dealkylation sites (tertiary alicyclic amines) is 1. The number of esters is 1. The van der Waals surface area contributed by atoms with Crippen molar-refractivity contribution in [2.75, 3.05) is 20.7 Å². The molecule has 2 bridgehead atoms. The minimum absolute atomic E-state index is 0.189. The molecule has 34 heavy (non-hydrogen) atoms. The molecule has 0 amide bonds. The number of piperidine rings is 1. The van der Waals surface area contributed by atoms with Crippen molar-refractivity contribution in [3.05, 3.63) is 12.2 Å². The van der Waals surface area contributed by atoms with Crippen molar-refractivity contribution in [1.29, 1.82) is 0 Å². The Kier molecular flexibility index (Phi) is 5.62. The Balaban J connectivity index is 1.32. The first-order valence-electron chi connectivity index (χ1n) is 12.4. The second-order valence-electron chi connectivity index (χ2n) is 11.0. The van der Waals surface area contributed by atoms with E-state index in [-0.39, 0.29) is 29.5 Å². The SMILES string of the molecule is COC(=O)[C@H]1OC(O[C@H]2C=CC3[C@H]4CC5CCC(O)C6O[C@@H]2[C@]3(CCN4C)C56)[C@H](O)[C@@H](O)[C@@H]1O. The van der Waals surface area contributed by atoms with E-state index < -0.39 is 48.9 Å². The molecule has 0 aromatic carbocycles. The molecule has 4 N–H and O–H groups in total. The van der Waals surface area contributed by atoms with Crippen LogP contribution in [0.3, 0.4) is 0 Å². The van der Waals surface area contributed by atoms with Gasteiger partial charge in [-0.2, -0.15) is 0 Å². The number of carbonyl (C=O) groups excluding carboxylic acids is 1. The number of carbonyl (C=O) groups is 1. The van der Waals surface area contributed by atoms with E-state index in [4.69, 9.17) is 14.2 Å². The van der Waals surface area contributed by atoms with Crippen LogP contribution in [0.1, 0.15) is 25.7 Å². The fourth-order valence-electron chi connectivity index (χ4n) is 8.16. The van der Waals surface area contributed by atoms with Crippen molar-refractivity contribution in [3.8, 4) is 0 Å². The molecule has 2 saturated carbocycles. The molecule has 14 atom stereocenters. The highest BCUT2D eigenvalue weighted by atomic mass is 16.7. The molecule has 10 heteroatoms. The van der Waals surface area contributed by atoms with Crippen LogP contribution in [0.15, 0.2) is 12.2 Å². The number of methoxy groups -OCH3 is 1. The van der Waals surface area contributed by atoms with Crippen LogP contribution in [0.4, 0.5) is 0 Å². The maximum Gasteiger partial charge on any atom is 0.337 e. The third kappa shape index (κ3) is 3.06. The van der Waals surface area contributed by atoms with Gasteiger partial charge in [0, 0.05) is 17.4 Å². The second-order valence-corrected chi connectivity index (χ2v) is 11.0. The van der Waals surface area contributed by atoms with Gasteiger partial charge in [0.2, 0.25) is 0 Å². The average molecular weight is 482 g/mol. The lowest BCUT2D eigenvalue weighted by Gasteiger charge is -2.62. The molecule has 5 fully saturated rings. The van der Waals surface area contributed by atoms with Crippen LogP contribution in [0.25, 0.3) is 0 Å². The van der Waals surface area contributed by atoms with Gasteiger partial charge in [0.1, 0.15) is 24.4 Å². The predicted octanol–water partition coefficient (Wildman–Crippen LogP) is -1.21. The van der Waals surface area contributed by atoms with Gasteiger partial charge in [-0.05, 0) is 51.1 Å². The Morgan fingerprint density at radius 3 is 2.65 bits per heavy atom. The third-order valence-corrected chi connectivity index (χ3v) is 9.67. The van der Waals surface area contributed by atoms with Crippen molar-refractivity contribution in [1.82, 2.24) is 4.90 Å². The highest BCUT2D eigenvalue weighted by Gasteiger charge is 2.71. The van der Waals surface area contributed by atoms with Crippen molar-refractivity contribution in [2.24, 2.45) is 23.2 Å². The quantitative estimate of drug-likeness (QED) is 0.287. The molecule has 3 aliphatic carbocycles. The van der Waals surface area contributed by atoms with Crippen LogP contribution in [0.5, 0.6) is 0 Å². The van der Waals surface area contributed by atoms with E-state index in [9.17, 15) is 25.2 Å². The van der Waals surface area contributed by atoms with Gasteiger partial charge < -0.3 is 44.3 Å². The smallest absolute Gasteiger partial charge is 0.337 e. The topological polar surface area (TPSA) is 138 Å². The van der Waals surface area contributed by atoms with Gasteiger partial charge in [0.05, 0.1) is 25.4 Å². The highest BCUT2D eigenvalue weighted by molar-refractivity contribution is 5.75. The lowest BCUT2D eigenvalue weighted by Crippen LogP contribution is -2.67. The Bertz CT molecular complexity index is 854. The van der Waals surface area contributed by atoms with Crippen molar-refractivity contribution >= 4 is 5.97 Å². The molecule has 0 radical (unpaired) electrons. The number of aliphatic hydroxyl groups excluding tert-OH is 4. The monoisotopic (exact) mass is 481 g/mol. The second kappa shape index (κ2) is 8.21. The maximum atomic E-state index is 12.1. The minimum atomic E-state index is -1.64. The van der Waals surface area contributed by atoms with Crippen LogP contribution in [0, 0.1) is 23.2 Å². The maximum absolute atomic E-state index is 12.1. The summed E-state index contributed by atoms with van der Waals surface area (Å²) < 4.78 is 23.1. The lowest BCUT2D eigenvalue weighted by atomic mass is 9.46. The summed E-state index contributed by atoms with van der Waals surface area (Å²) in [6.45, 7) is 0.936. The fraction of sp³-hybridized carbons (Fsp3) is 0.875. The van der Waals surface area contributed by atoms with E-state index in [1.807, 2.05) is 6.08 Å². The normalized spacial score (nSPS) is 56.1. The van der Waals surface area contributed by atoms with Crippen LogP contribution < -0.4 is 0 Å². The Morgan fingerprint density at radius 2 is 1.88 bits per heavy atom. The summed E-state index contributed by atoms with van der Waals surface area (Å²) in [5, 5.41) is 42.0. The fourth-order valence-corrected chi connectivity index (χ4v) is 8.16. The summed E-state index contributed by atoms with van der Waals surface area (Å²) in [7, 11) is 3.34. The average Bonchev–Trinajstić information content (AvgIpc) is 3.19. The van der Waals surface area contributed by atoms with Gasteiger partial charge in [-0.25, -0.2) is 4.79 Å². The third-order valence-electron chi connectivity index (χ3n) is 9.67. The summed E-state index contributed by atoms with van der Waals surface area (Å²) in [5.74, 6) is 0.135. The number of rotatable bonds is 3. The van der Waals surface area contributed by atoms with Gasteiger partial charge in [0.15, 0.2) is 12.4 Å². The summed E-state index contributed by atoms with van der Waals surface area (Å²) >= 11 is 0. The minimum Gasteiger partial charge on any atom is -0.467 e. The number of hydrogen-bond acceptors (Lipinski definition) is 10. The summed E-state index contributed by atoms with van der Waals surface area (Å²) in [4.78, 5) is 14.5. The Labute approximate surface area is 198 Å². The molecule has 6 unspecified atom stereocenters. The standard InChI is InChI=1S/C24H35NO9/c1-25-8-7-24-11-4-6-14(32-23-18(29)16(27)17(28)20(34-23)22(30)31-2)21(24)33-19-13(26)5-3-10(15(19)24)9-12(11)25/h4,6,10-21,23,26-29H,3,5,7-9H2,1-2H3/t10?,11?,12-,13?,14+,15?,16+,17+,18-,19?,20+,21+,23?,24+/m1/s1. The van der Waals surface area contributed by atoms with E-state index in [1.165, 1.54) is 0 Å². The first-order valence-corrected chi connectivity index (χ1v) is 12.4. The molecular weight excluding hydrogens is 446 g/mol. The molecule has 3 aliphatic heterocycles. The van der Waals surface area contributed by atoms with Crippen molar-refractivity contribution < 1.29 is 44.2 Å². The Morgan fingerprint density at radius 1 is 1.09 bits per heavy atom. The van der Waals surface area contributed by atoms with E-state index in [0.29, 0.717) is 12.0 Å². The molecule has 3 heterocycles. The van der Waals surface area contributed by atoms with Gasteiger partial charge in [0.25, 0.3) is 0 Å². The molecule has 6 rings (SSSR count). The first kappa shape index (κ1) is 23.3. The summed E-state index contributed by atoms with van der Waals surface area (Å²) in [6, 6.07) is 0.407. The summed E-state index contributed by atoms with van der Waals surface area (Å²) in [6.07, 6.45) is -1.53. The van der Waals surface area contributed by atoms with Gasteiger partial charge in [-0.1, -0.05) is 12.2 Å². The number of aliphatic hydroxyl groups is 4. The zero-order valence-corrected chi connectivity index (χ0v) is 19.5. The zero-order valence-electron chi connectivity index (χ0n) is 19.5. The van der Waals surface area contributed by atoms with Gasteiger partial charge in [-0.3, -0.25) is 0 Å². The zero-order chi connectivity index (χ0) is 23.9. The van der Waals surface area contributed by atoms with Crippen LogP contribution in [0.2, 0.25) is 0 Å². The molecular formula is C24H35NO9. The molecule has 0 aromatic rings. The summed E-state index contributed by atoms with van der Waals surface area (Å²) in [5.41, 5.74) is -0.189. The van der Waals surface area contributed by atoms with E-state index in [0.717, 1.165) is 39.3 Å². The number of nitrogens with zero attached hydrogens (tertiary/aromatic N) is 1. The molecule has 0 aromatic heterocycles. The molecule has 1 spiro atoms. The van der Waals surface area contributed by atoms with Gasteiger partial charge in [-0.15, -0.1) is 0 Å². The predicted molar refractivity (Wildman–Crippen MR) is 115 cm³/mol. The number of ether oxygens (including phenoxy) is 4. The molecule has 3 saturated heterocycles. The van der Waals surface area contributed by atoms with Crippen molar-refractivity contribution in [3.63, 3.8) is 0 Å². The first-order chi connectivity index (χ1) is 16.3. The molecule has 190 valence electrons. The molecule has 6 aliphatic rings. The van der Waals surface area contributed by atoms with Crippen LogP contribution in [-0.2, 0) is 23.7 Å². The largest absolute Gasteiger partial charge is 0.467 e. The van der Waals surface area contributed by atoms with E-state index >= 15 is 0 Å². The van der Waals surface area contributed by atoms with E-state index in [2.05, 4.69) is 22.8 Å².